The van der Waals surface area contributed by atoms with Crippen molar-refractivity contribution in [2.45, 2.75) is 39.8 Å². The normalized spacial score (nSPS) is 12.7. The lowest BCUT2D eigenvalue weighted by Crippen LogP contribution is -2.32. The first-order valence-electron chi connectivity index (χ1n) is 6.36. The van der Waals surface area contributed by atoms with E-state index in [0.29, 0.717) is 23.7 Å². The summed E-state index contributed by atoms with van der Waals surface area (Å²) in [6, 6.07) is 5.19. The molecule has 0 spiro atoms. The number of nitrogens with zero attached hydrogens (tertiary/aromatic N) is 1. The lowest BCUT2D eigenvalue weighted by Gasteiger charge is -2.27. The van der Waals surface area contributed by atoms with Gasteiger partial charge in [0, 0.05) is 23.7 Å². The third kappa shape index (κ3) is 3.53. The third-order valence-corrected chi connectivity index (χ3v) is 3.36. The Morgan fingerprint density at radius 1 is 1.44 bits per heavy atom. The minimum absolute atomic E-state index is 0.102. The molecule has 18 heavy (non-hydrogen) atoms. The highest BCUT2D eigenvalue weighted by molar-refractivity contribution is 5.94. The van der Waals surface area contributed by atoms with Crippen LogP contribution in [-0.4, -0.2) is 23.3 Å². The summed E-state index contributed by atoms with van der Waals surface area (Å²) in [5.41, 5.74) is 6.42. The number of benzene rings is 1. The first-order valence-corrected chi connectivity index (χ1v) is 6.36. The van der Waals surface area contributed by atoms with Crippen LogP contribution in [0.25, 0.3) is 0 Å². The molecule has 0 saturated heterocycles. The fraction of sp³-hybridized carbons (Fsp3) is 0.500. The zero-order chi connectivity index (χ0) is 13.7. The molecule has 0 heterocycles. The summed E-state index contributed by atoms with van der Waals surface area (Å²) in [6.45, 7) is 7.83. The summed E-state index contributed by atoms with van der Waals surface area (Å²) in [5, 5.41) is 7.28. The van der Waals surface area contributed by atoms with Crippen LogP contribution < -0.4 is 5.73 Å². The molecule has 0 aliphatic rings. The highest BCUT2D eigenvalue weighted by Crippen LogP contribution is 2.15. The number of nitrogen functional groups attached to an aromatic ring is 1. The van der Waals surface area contributed by atoms with Gasteiger partial charge in [0.1, 0.15) is 11.7 Å². The van der Waals surface area contributed by atoms with Crippen LogP contribution in [0.5, 0.6) is 0 Å². The van der Waals surface area contributed by atoms with E-state index in [1.807, 2.05) is 0 Å². The second kappa shape index (κ2) is 6.50. The predicted molar refractivity (Wildman–Crippen MR) is 73.3 cm³/mol. The topological polar surface area (TPSA) is 53.1 Å². The number of amidine groups is 1. The Morgan fingerprint density at radius 2 is 2.11 bits per heavy atom. The molecule has 0 aliphatic carbocycles. The SMILES string of the molecule is CCC(C)N(CC)Cc1ccc(C(=N)N)cc1F. The number of hydrogen-bond acceptors (Lipinski definition) is 2. The summed E-state index contributed by atoms with van der Waals surface area (Å²) >= 11 is 0. The van der Waals surface area contributed by atoms with Gasteiger partial charge in [-0.1, -0.05) is 26.0 Å². The molecule has 0 aliphatic heterocycles. The molecule has 0 radical (unpaired) electrons. The Morgan fingerprint density at radius 3 is 2.56 bits per heavy atom. The van der Waals surface area contributed by atoms with E-state index in [4.69, 9.17) is 11.1 Å². The van der Waals surface area contributed by atoms with Gasteiger partial charge in [-0.3, -0.25) is 10.3 Å². The van der Waals surface area contributed by atoms with Crippen LogP contribution >= 0.6 is 0 Å². The quantitative estimate of drug-likeness (QED) is 0.603. The largest absolute Gasteiger partial charge is 0.384 e. The van der Waals surface area contributed by atoms with Crippen LogP contribution in [0.15, 0.2) is 18.2 Å². The van der Waals surface area contributed by atoms with Crippen LogP contribution in [0.4, 0.5) is 4.39 Å². The van der Waals surface area contributed by atoms with Crippen molar-refractivity contribution in [3.8, 4) is 0 Å². The molecular formula is C14H22FN3. The van der Waals surface area contributed by atoms with Gasteiger partial charge in [0.15, 0.2) is 0 Å². The van der Waals surface area contributed by atoms with Crippen molar-refractivity contribution in [2.75, 3.05) is 6.54 Å². The standard InChI is InChI=1S/C14H22FN3/c1-4-10(3)18(5-2)9-12-7-6-11(14(16)17)8-13(12)15/h6-8,10H,4-5,9H2,1-3H3,(H3,16,17). The molecule has 1 unspecified atom stereocenters. The van der Waals surface area contributed by atoms with Crippen molar-refractivity contribution in [1.82, 2.24) is 4.90 Å². The molecule has 4 heteroatoms. The van der Waals surface area contributed by atoms with Crippen LogP contribution in [0.3, 0.4) is 0 Å². The average molecular weight is 251 g/mol. The first kappa shape index (κ1) is 14.6. The average Bonchev–Trinajstić information content (AvgIpc) is 2.36. The summed E-state index contributed by atoms with van der Waals surface area (Å²) in [6.07, 6.45) is 1.04. The monoisotopic (exact) mass is 251 g/mol. The first-order chi connectivity index (χ1) is 8.49. The molecule has 3 N–H and O–H groups in total. The van der Waals surface area contributed by atoms with Gasteiger partial charge >= 0.3 is 0 Å². The van der Waals surface area contributed by atoms with Gasteiger partial charge < -0.3 is 5.73 Å². The highest BCUT2D eigenvalue weighted by Gasteiger charge is 2.13. The highest BCUT2D eigenvalue weighted by atomic mass is 19.1. The molecule has 1 rings (SSSR count). The molecule has 100 valence electrons. The number of nitrogens with one attached hydrogen (secondary N) is 1. The van der Waals surface area contributed by atoms with Gasteiger partial charge in [-0.25, -0.2) is 4.39 Å². The molecular weight excluding hydrogens is 229 g/mol. The van der Waals surface area contributed by atoms with Gasteiger partial charge in [-0.05, 0) is 26.0 Å². The van der Waals surface area contributed by atoms with Crippen molar-refractivity contribution < 1.29 is 4.39 Å². The zero-order valence-corrected chi connectivity index (χ0v) is 11.3. The van der Waals surface area contributed by atoms with Crippen LogP contribution in [0, 0.1) is 11.2 Å². The van der Waals surface area contributed by atoms with E-state index in [1.165, 1.54) is 6.07 Å². The van der Waals surface area contributed by atoms with E-state index >= 15 is 0 Å². The molecule has 0 fully saturated rings. The molecule has 3 nitrogen and oxygen atoms in total. The summed E-state index contributed by atoms with van der Waals surface area (Å²) in [7, 11) is 0. The molecule has 0 bridgehead atoms. The third-order valence-electron chi connectivity index (χ3n) is 3.36. The molecule has 1 atom stereocenters. The smallest absolute Gasteiger partial charge is 0.128 e. The lowest BCUT2D eigenvalue weighted by molar-refractivity contribution is 0.203. The number of rotatable bonds is 6. The van der Waals surface area contributed by atoms with Crippen molar-refractivity contribution >= 4 is 5.84 Å². The Hall–Kier alpha value is -1.42. The Bertz CT molecular complexity index is 418. The number of nitrogens with two attached hydrogens (primary N) is 1. The van der Waals surface area contributed by atoms with Crippen molar-refractivity contribution in [3.63, 3.8) is 0 Å². The summed E-state index contributed by atoms with van der Waals surface area (Å²) in [4.78, 5) is 2.23. The van der Waals surface area contributed by atoms with E-state index < -0.39 is 0 Å². The maximum atomic E-state index is 13.9. The second-order valence-electron chi connectivity index (χ2n) is 4.54. The van der Waals surface area contributed by atoms with Crippen molar-refractivity contribution in [2.24, 2.45) is 5.73 Å². The lowest BCUT2D eigenvalue weighted by atomic mass is 10.1. The fourth-order valence-electron chi connectivity index (χ4n) is 1.90. The maximum absolute atomic E-state index is 13.9. The predicted octanol–water partition coefficient (Wildman–Crippen LogP) is 2.73. The summed E-state index contributed by atoms with van der Waals surface area (Å²) < 4.78 is 13.9. The van der Waals surface area contributed by atoms with E-state index in [-0.39, 0.29) is 11.7 Å². The second-order valence-corrected chi connectivity index (χ2v) is 4.54. The van der Waals surface area contributed by atoms with Gasteiger partial charge in [0.05, 0.1) is 0 Å². The molecule has 0 aromatic heterocycles. The van der Waals surface area contributed by atoms with E-state index in [2.05, 4.69) is 25.7 Å². The van der Waals surface area contributed by atoms with Crippen LogP contribution in [0.1, 0.15) is 38.3 Å². The van der Waals surface area contributed by atoms with E-state index in [1.54, 1.807) is 12.1 Å². The van der Waals surface area contributed by atoms with Crippen molar-refractivity contribution in [3.05, 3.63) is 35.1 Å². The fourth-order valence-corrected chi connectivity index (χ4v) is 1.90. The van der Waals surface area contributed by atoms with Gasteiger partial charge in [-0.15, -0.1) is 0 Å². The zero-order valence-electron chi connectivity index (χ0n) is 11.3. The van der Waals surface area contributed by atoms with Crippen LogP contribution in [-0.2, 0) is 6.54 Å². The Balaban J connectivity index is 2.87. The Labute approximate surface area is 108 Å². The van der Waals surface area contributed by atoms with Crippen LogP contribution in [0.2, 0.25) is 0 Å². The van der Waals surface area contributed by atoms with E-state index in [9.17, 15) is 4.39 Å². The van der Waals surface area contributed by atoms with Gasteiger partial charge in [-0.2, -0.15) is 0 Å². The number of hydrogen-bond donors (Lipinski definition) is 2. The molecule has 0 saturated carbocycles. The van der Waals surface area contributed by atoms with Gasteiger partial charge in [0.25, 0.3) is 0 Å². The Kier molecular flexibility index (Phi) is 5.28. The summed E-state index contributed by atoms with van der Waals surface area (Å²) in [5.74, 6) is -0.390. The van der Waals surface area contributed by atoms with E-state index in [0.717, 1.165) is 13.0 Å². The minimum atomic E-state index is -0.288. The van der Waals surface area contributed by atoms with Gasteiger partial charge in [0.2, 0.25) is 0 Å². The minimum Gasteiger partial charge on any atom is -0.384 e. The maximum Gasteiger partial charge on any atom is 0.128 e. The molecule has 1 aromatic rings. The van der Waals surface area contributed by atoms with Crippen molar-refractivity contribution in [1.29, 1.82) is 5.41 Å². The number of halogens is 1. The molecule has 1 aromatic carbocycles. The molecule has 0 amide bonds.